The van der Waals surface area contributed by atoms with E-state index in [0.29, 0.717) is 24.1 Å². The summed E-state index contributed by atoms with van der Waals surface area (Å²) < 4.78 is 1.84. The van der Waals surface area contributed by atoms with Gasteiger partial charge < -0.3 is 19.9 Å². The highest BCUT2D eigenvalue weighted by Gasteiger charge is 2.18. The Balaban J connectivity index is 1.17. The third-order valence-electron chi connectivity index (χ3n) is 7.50. The Morgan fingerprint density at radius 3 is 2.18 bits per heavy atom. The lowest BCUT2D eigenvalue weighted by Crippen LogP contribution is -2.35. The predicted octanol–water partition coefficient (Wildman–Crippen LogP) is 5.89. The fraction of sp³-hybridized carbons (Fsp3) is 0.273. The fourth-order valence-electron chi connectivity index (χ4n) is 5.13. The minimum absolute atomic E-state index is 0.0937. The second kappa shape index (κ2) is 11.7. The minimum atomic E-state index is -0.199. The zero-order valence-corrected chi connectivity index (χ0v) is 22.6. The Morgan fingerprint density at radius 2 is 1.54 bits per heavy atom. The highest BCUT2D eigenvalue weighted by molar-refractivity contribution is 5.98. The molecule has 2 N–H and O–H groups in total. The van der Waals surface area contributed by atoms with Crippen molar-refractivity contribution >= 4 is 28.6 Å². The van der Waals surface area contributed by atoms with Crippen LogP contribution in [0.3, 0.4) is 0 Å². The quantitative estimate of drug-likeness (QED) is 0.269. The highest BCUT2D eigenvalue weighted by atomic mass is 16.3. The van der Waals surface area contributed by atoms with Crippen molar-refractivity contribution in [2.45, 2.75) is 38.7 Å². The number of Topliss-reactive ketones (excluding diaryl/α,β-unsaturated/α-hetero) is 2. The maximum Gasteiger partial charge on any atom is 0.183 e. The van der Waals surface area contributed by atoms with Crippen LogP contribution >= 0.6 is 0 Å². The van der Waals surface area contributed by atoms with Crippen LogP contribution in [0.1, 0.15) is 50.4 Å². The maximum absolute atomic E-state index is 12.9. The summed E-state index contributed by atoms with van der Waals surface area (Å²) in [5.41, 5.74) is 7.46. The summed E-state index contributed by atoms with van der Waals surface area (Å²) in [6.07, 6.45) is 3.96. The number of nitrogens with one attached hydrogen (secondary N) is 1. The average Bonchev–Trinajstić information content (AvgIpc) is 3.38. The van der Waals surface area contributed by atoms with Crippen LogP contribution in [0.15, 0.2) is 85.1 Å². The molecule has 1 aliphatic rings. The summed E-state index contributed by atoms with van der Waals surface area (Å²) in [5, 5.41) is 13.2. The van der Waals surface area contributed by atoms with Crippen molar-refractivity contribution in [2.75, 3.05) is 23.3 Å². The first-order valence-electron chi connectivity index (χ1n) is 13.5. The summed E-state index contributed by atoms with van der Waals surface area (Å²) in [7, 11) is 1.88. The van der Waals surface area contributed by atoms with Crippen molar-refractivity contribution in [1.29, 1.82) is 0 Å². The molecule has 6 nitrogen and oxygen atoms in total. The number of rotatable bonds is 9. The van der Waals surface area contributed by atoms with Gasteiger partial charge in [0.05, 0.1) is 11.8 Å². The topological polar surface area (TPSA) is 74.6 Å². The number of benzene rings is 3. The van der Waals surface area contributed by atoms with Gasteiger partial charge in [0, 0.05) is 61.8 Å². The molecule has 1 aliphatic heterocycles. The number of aromatic nitrogens is 1. The van der Waals surface area contributed by atoms with E-state index in [9.17, 15) is 14.7 Å². The molecule has 4 aromatic rings. The largest absolute Gasteiger partial charge is 0.393 e. The van der Waals surface area contributed by atoms with Crippen molar-refractivity contribution in [1.82, 2.24) is 4.57 Å². The molecule has 0 bridgehead atoms. The molecular formula is C33H35N3O3. The molecule has 0 atom stereocenters. The summed E-state index contributed by atoms with van der Waals surface area (Å²) >= 11 is 0. The lowest BCUT2D eigenvalue weighted by atomic mass is 10.00. The van der Waals surface area contributed by atoms with E-state index in [0.717, 1.165) is 59.7 Å². The van der Waals surface area contributed by atoms with Crippen molar-refractivity contribution in [3.8, 4) is 0 Å². The number of piperidine rings is 1. The summed E-state index contributed by atoms with van der Waals surface area (Å²) in [4.78, 5) is 27.7. The molecule has 0 spiro atoms. The van der Waals surface area contributed by atoms with Crippen LogP contribution in [-0.4, -0.2) is 40.4 Å². The molecule has 1 saturated heterocycles. The number of aliphatic hydroxyl groups excluding tert-OH is 1. The molecule has 6 heteroatoms. The molecule has 1 fully saturated rings. The SMILES string of the molecule is Cc1cc(CC(=O)c2ccc(N3CCC(O)CC3)cc2)ccc1Nc1ccc(CC(=O)c2cccn2C)cc1. The van der Waals surface area contributed by atoms with Gasteiger partial charge >= 0.3 is 0 Å². The molecule has 5 rings (SSSR count). The summed E-state index contributed by atoms with van der Waals surface area (Å²) in [6.45, 7) is 3.71. The normalized spacial score (nSPS) is 13.9. The van der Waals surface area contributed by atoms with Gasteiger partial charge in [0.15, 0.2) is 11.6 Å². The molecule has 1 aromatic heterocycles. The smallest absolute Gasteiger partial charge is 0.183 e. The van der Waals surface area contributed by atoms with E-state index in [1.54, 1.807) is 0 Å². The molecule has 0 unspecified atom stereocenters. The van der Waals surface area contributed by atoms with Gasteiger partial charge in [-0.05, 0) is 91.1 Å². The lowest BCUT2D eigenvalue weighted by molar-refractivity contribution is 0.0980. The van der Waals surface area contributed by atoms with Crippen LogP contribution in [0.25, 0.3) is 0 Å². The van der Waals surface area contributed by atoms with Gasteiger partial charge in [0.25, 0.3) is 0 Å². The monoisotopic (exact) mass is 521 g/mol. The highest BCUT2D eigenvalue weighted by Crippen LogP contribution is 2.24. The molecule has 200 valence electrons. The van der Waals surface area contributed by atoms with Crippen LogP contribution in [0.2, 0.25) is 0 Å². The molecule has 0 amide bonds. The van der Waals surface area contributed by atoms with Gasteiger partial charge in [-0.15, -0.1) is 0 Å². The third kappa shape index (κ3) is 6.47. The maximum atomic E-state index is 12.9. The van der Waals surface area contributed by atoms with Gasteiger partial charge in [-0.3, -0.25) is 9.59 Å². The van der Waals surface area contributed by atoms with Crippen LogP contribution in [-0.2, 0) is 19.9 Å². The van der Waals surface area contributed by atoms with Gasteiger partial charge in [0.2, 0.25) is 0 Å². The molecule has 3 aromatic carbocycles. The van der Waals surface area contributed by atoms with Gasteiger partial charge in [0.1, 0.15) is 0 Å². The number of aliphatic hydroxyl groups is 1. The Hall–Kier alpha value is -4.16. The Kier molecular flexibility index (Phi) is 7.94. The number of nitrogens with zero attached hydrogens (tertiary/aromatic N) is 2. The van der Waals surface area contributed by atoms with Gasteiger partial charge in [-0.1, -0.05) is 24.3 Å². The Morgan fingerprint density at radius 1 is 0.872 bits per heavy atom. The zero-order chi connectivity index (χ0) is 27.4. The molecule has 2 heterocycles. The van der Waals surface area contributed by atoms with E-state index >= 15 is 0 Å². The number of aryl methyl sites for hydroxylation is 2. The number of carbonyl (C=O) groups is 2. The Bertz CT molecular complexity index is 1450. The molecule has 39 heavy (non-hydrogen) atoms. The lowest BCUT2D eigenvalue weighted by Gasteiger charge is -2.31. The number of hydrogen-bond acceptors (Lipinski definition) is 5. The van der Waals surface area contributed by atoms with E-state index in [-0.39, 0.29) is 17.7 Å². The Labute approximate surface area is 229 Å². The van der Waals surface area contributed by atoms with Gasteiger partial charge in [-0.25, -0.2) is 0 Å². The predicted molar refractivity (Wildman–Crippen MR) is 156 cm³/mol. The van der Waals surface area contributed by atoms with Crippen molar-refractivity contribution in [2.24, 2.45) is 7.05 Å². The van der Waals surface area contributed by atoms with E-state index in [4.69, 9.17) is 0 Å². The average molecular weight is 522 g/mol. The molecule has 0 saturated carbocycles. The molecular weight excluding hydrogens is 486 g/mol. The molecule has 0 radical (unpaired) electrons. The zero-order valence-electron chi connectivity index (χ0n) is 22.6. The van der Waals surface area contributed by atoms with Crippen molar-refractivity contribution in [3.63, 3.8) is 0 Å². The van der Waals surface area contributed by atoms with Crippen LogP contribution in [0, 0.1) is 6.92 Å². The molecule has 0 aliphatic carbocycles. The number of hydrogen-bond donors (Lipinski definition) is 2. The summed E-state index contributed by atoms with van der Waals surface area (Å²) in [6, 6.07) is 25.5. The van der Waals surface area contributed by atoms with Crippen LogP contribution < -0.4 is 10.2 Å². The van der Waals surface area contributed by atoms with E-state index < -0.39 is 0 Å². The van der Waals surface area contributed by atoms with Crippen molar-refractivity contribution in [3.05, 3.63) is 113 Å². The summed E-state index contributed by atoms with van der Waals surface area (Å²) in [5.74, 6) is 0.194. The first-order chi connectivity index (χ1) is 18.9. The van der Waals surface area contributed by atoms with Gasteiger partial charge in [-0.2, -0.15) is 0 Å². The number of anilines is 3. The second-order valence-electron chi connectivity index (χ2n) is 10.4. The number of ketones is 2. The van der Waals surface area contributed by atoms with E-state index in [1.165, 1.54) is 0 Å². The fourth-order valence-corrected chi connectivity index (χ4v) is 5.13. The first-order valence-corrected chi connectivity index (χ1v) is 13.5. The standard InChI is InChI=1S/C33H35N3O3/c1-23-20-25(22-32(38)26-8-12-28(13-9-26)36-18-15-29(37)16-19-36)7-14-30(23)34-27-10-5-24(6-11-27)21-33(39)31-4-3-17-35(31)2/h3-14,17,20,29,34,37H,15-16,18-19,21-22H2,1-2H3. The first kappa shape index (κ1) is 26.4. The second-order valence-corrected chi connectivity index (χ2v) is 10.4. The van der Waals surface area contributed by atoms with Crippen LogP contribution in [0.5, 0.6) is 0 Å². The number of carbonyl (C=O) groups excluding carboxylic acids is 2. The van der Waals surface area contributed by atoms with E-state index in [2.05, 4.69) is 16.3 Å². The van der Waals surface area contributed by atoms with Crippen molar-refractivity contribution < 1.29 is 14.7 Å². The third-order valence-corrected chi connectivity index (χ3v) is 7.50. The van der Waals surface area contributed by atoms with E-state index in [1.807, 2.05) is 97.5 Å². The van der Waals surface area contributed by atoms with Crippen LogP contribution in [0.4, 0.5) is 17.1 Å². The minimum Gasteiger partial charge on any atom is -0.393 e.